The van der Waals surface area contributed by atoms with Gasteiger partial charge in [-0.05, 0) is 36.5 Å². The van der Waals surface area contributed by atoms with Gasteiger partial charge in [0.25, 0.3) is 0 Å². The number of aliphatic imine (C=N–C) groups is 1. The molecule has 0 aliphatic carbocycles. The highest BCUT2D eigenvalue weighted by Crippen LogP contribution is 2.22. The minimum absolute atomic E-state index is 0.0123. The number of unbranched alkanes of at least 4 members (excludes halogenated alkanes) is 1. The van der Waals surface area contributed by atoms with Crippen molar-refractivity contribution in [2.75, 3.05) is 20.1 Å². The van der Waals surface area contributed by atoms with Gasteiger partial charge >= 0.3 is 0 Å². The van der Waals surface area contributed by atoms with E-state index in [2.05, 4.69) is 60.7 Å². The Morgan fingerprint density at radius 1 is 1.07 bits per heavy atom. The van der Waals surface area contributed by atoms with Crippen LogP contribution in [0.25, 0.3) is 0 Å². The standard InChI is InChI=1S/C23H34N4O/c1-5-19-11-13-20(14-12-19)23(2,3)18-26-22(24-4)25-15-7-9-17-27-16-8-6-10-21(27)28/h6,8,10-14,16H,5,7,9,15,17-18H2,1-4H3,(H2,24,25,26). The number of rotatable bonds is 9. The van der Waals surface area contributed by atoms with Crippen LogP contribution in [0.4, 0.5) is 0 Å². The minimum Gasteiger partial charge on any atom is -0.356 e. The first-order chi connectivity index (χ1) is 13.5. The lowest BCUT2D eigenvalue weighted by molar-refractivity contribution is 0.507. The van der Waals surface area contributed by atoms with E-state index in [1.165, 1.54) is 11.1 Å². The average Bonchev–Trinajstić information content (AvgIpc) is 2.71. The number of hydrogen-bond donors (Lipinski definition) is 2. The number of nitrogens with one attached hydrogen (secondary N) is 2. The zero-order valence-corrected chi connectivity index (χ0v) is 17.7. The summed E-state index contributed by atoms with van der Waals surface area (Å²) in [6.45, 7) is 9.03. The summed E-state index contributed by atoms with van der Waals surface area (Å²) in [7, 11) is 1.79. The summed E-state index contributed by atoms with van der Waals surface area (Å²) in [5, 5.41) is 6.80. The summed E-state index contributed by atoms with van der Waals surface area (Å²) < 4.78 is 1.75. The van der Waals surface area contributed by atoms with Gasteiger partial charge in [0, 0.05) is 44.4 Å². The Kier molecular flexibility index (Phi) is 8.30. The molecule has 1 aromatic heterocycles. The molecule has 0 radical (unpaired) electrons. The van der Waals surface area contributed by atoms with Gasteiger partial charge in [0.15, 0.2) is 5.96 Å². The Hall–Kier alpha value is -2.56. The van der Waals surface area contributed by atoms with E-state index in [-0.39, 0.29) is 11.0 Å². The zero-order valence-electron chi connectivity index (χ0n) is 17.7. The van der Waals surface area contributed by atoms with Crippen LogP contribution < -0.4 is 16.2 Å². The molecule has 0 saturated carbocycles. The fourth-order valence-corrected chi connectivity index (χ4v) is 3.08. The topological polar surface area (TPSA) is 58.4 Å². The molecule has 0 atom stereocenters. The third-order valence-corrected chi connectivity index (χ3v) is 5.08. The monoisotopic (exact) mass is 382 g/mol. The van der Waals surface area contributed by atoms with Crippen molar-refractivity contribution >= 4 is 5.96 Å². The van der Waals surface area contributed by atoms with E-state index in [0.717, 1.165) is 44.9 Å². The molecule has 152 valence electrons. The van der Waals surface area contributed by atoms with Crippen molar-refractivity contribution in [1.82, 2.24) is 15.2 Å². The van der Waals surface area contributed by atoms with E-state index in [0.29, 0.717) is 0 Å². The molecule has 0 saturated heterocycles. The number of benzene rings is 1. The van der Waals surface area contributed by atoms with Gasteiger partial charge in [-0.15, -0.1) is 0 Å². The van der Waals surface area contributed by atoms with E-state index < -0.39 is 0 Å². The molecule has 1 aromatic carbocycles. The number of hydrogen-bond acceptors (Lipinski definition) is 2. The van der Waals surface area contributed by atoms with Crippen LogP contribution in [0.2, 0.25) is 0 Å². The van der Waals surface area contributed by atoms with Crippen LogP contribution in [0.3, 0.4) is 0 Å². The van der Waals surface area contributed by atoms with Gasteiger partial charge in [-0.1, -0.05) is 51.1 Å². The summed E-state index contributed by atoms with van der Waals surface area (Å²) in [4.78, 5) is 16.0. The summed E-state index contributed by atoms with van der Waals surface area (Å²) in [5.74, 6) is 0.815. The Morgan fingerprint density at radius 3 is 2.46 bits per heavy atom. The molecule has 0 bridgehead atoms. The largest absolute Gasteiger partial charge is 0.356 e. The highest BCUT2D eigenvalue weighted by Gasteiger charge is 2.20. The van der Waals surface area contributed by atoms with Gasteiger partial charge < -0.3 is 15.2 Å². The predicted octanol–water partition coefficient (Wildman–Crippen LogP) is 3.33. The van der Waals surface area contributed by atoms with Crippen LogP contribution in [0.5, 0.6) is 0 Å². The Balaban J connectivity index is 1.74. The number of guanidine groups is 1. The van der Waals surface area contributed by atoms with Crippen LogP contribution in [0.15, 0.2) is 58.4 Å². The second-order valence-electron chi connectivity index (χ2n) is 7.73. The molecule has 5 nitrogen and oxygen atoms in total. The number of aromatic nitrogens is 1. The van der Waals surface area contributed by atoms with E-state index in [1.807, 2.05) is 12.3 Å². The van der Waals surface area contributed by atoms with Gasteiger partial charge in [-0.3, -0.25) is 9.79 Å². The number of nitrogens with zero attached hydrogens (tertiary/aromatic N) is 2. The molecule has 0 unspecified atom stereocenters. The maximum absolute atomic E-state index is 11.7. The first-order valence-corrected chi connectivity index (χ1v) is 10.2. The van der Waals surface area contributed by atoms with Gasteiger partial charge in [-0.2, -0.15) is 0 Å². The molecule has 1 heterocycles. The van der Waals surface area contributed by atoms with Crippen LogP contribution in [-0.2, 0) is 18.4 Å². The van der Waals surface area contributed by atoms with Gasteiger partial charge in [0.1, 0.15) is 0 Å². The summed E-state index contributed by atoms with van der Waals surface area (Å²) >= 11 is 0. The number of aryl methyl sites for hydroxylation is 2. The van der Waals surface area contributed by atoms with E-state index in [4.69, 9.17) is 0 Å². The molecule has 28 heavy (non-hydrogen) atoms. The Morgan fingerprint density at radius 2 is 1.82 bits per heavy atom. The summed E-state index contributed by atoms with van der Waals surface area (Å²) in [5.41, 5.74) is 2.75. The fourth-order valence-electron chi connectivity index (χ4n) is 3.08. The second-order valence-corrected chi connectivity index (χ2v) is 7.73. The fraction of sp³-hybridized carbons (Fsp3) is 0.478. The van der Waals surface area contributed by atoms with Crippen molar-refractivity contribution in [3.05, 3.63) is 70.1 Å². The molecule has 5 heteroatoms. The highest BCUT2D eigenvalue weighted by atomic mass is 16.1. The van der Waals surface area contributed by atoms with Crippen molar-refractivity contribution < 1.29 is 0 Å². The highest BCUT2D eigenvalue weighted by molar-refractivity contribution is 5.79. The lowest BCUT2D eigenvalue weighted by atomic mass is 9.84. The lowest BCUT2D eigenvalue weighted by Crippen LogP contribution is -2.43. The van der Waals surface area contributed by atoms with Crippen molar-refractivity contribution in [3.63, 3.8) is 0 Å². The molecule has 0 aliphatic heterocycles. The molecule has 0 fully saturated rings. The van der Waals surface area contributed by atoms with Gasteiger partial charge in [0.2, 0.25) is 5.56 Å². The molecule has 0 aliphatic rings. The van der Waals surface area contributed by atoms with Gasteiger partial charge in [-0.25, -0.2) is 0 Å². The lowest BCUT2D eigenvalue weighted by Gasteiger charge is -2.27. The SMILES string of the molecule is CCc1ccc(C(C)(C)CNC(=NC)NCCCCn2ccccc2=O)cc1. The summed E-state index contributed by atoms with van der Waals surface area (Å²) in [6.07, 6.45) is 4.83. The van der Waals surface area contributed by atoms with Crippen LogP contribution in [-0.4, -0.2) is 30.7 Å². The molecule has 0 amide bonds. The predicted molar refractivity (Wildman–Crippen MR) is 118 cm³/mol. The first-order valence-electron chi connectivity index (χ1n) is 10.2. The second kappa shape index (κ2) is 10.7. The van der Waals surface area contributed by atoms with Gasteiger partial charge in [0.05, 0.1) is 0 Å². The zero-order chi connectivity index (χ0) is 20.4. The quantitative estimate of drug-likeness (QED) is 0.397. The maximum Gasteiger partial charge on any atom is 0.250 e. The van der Waals surface area contributed by atoms with Crippen molar-refractivity contribution in [2.45, 2.75) is 52.0 Å². The third-order valence-electron chi connectivity index (χ3n) is 5.08. The molecular weight excluding hydrogens is 348 g/mol. The van der Waals surface area contributed by atoms with Crippen LogP contribution in [0.1, 0.15) is 44.7 Å². The van der Waals surface area contributed by atoms with Crippen molar-refractivity contribution in [3.8, 4) is 0 Å². The Labute approximate surface area is 168 Å². The molecule has 0 spiro atoms. The summed E-state index contributed by atoms with van der Waals surface area (Å²) in [6, 6.07) is 14.1. The first kappa shape index (κ1) is 21.7. The average molecular weight is 383 g/mol. The molecule has 2 rings (SSSR count). The van der Waals surface area contributed by atoms with E-state index in [9.17, 15) is 4.79 Å². The Bertz CT molecular complexity index is 806. The normalized spacial score (nSPS) is 12.1. The molecule has 2 N–H and O–H groups in total. The third kappa shape index (κ3) is 6.55. The smallest absolute Gasteiger partial charge is 0.250 e. The van der Waals surface area contributed by atoms with Crippen molar-refractivity contribution in [1.29, 1.82) is 0 Å². The molecule has 2 aromatic rings. The van der Waals surface area contributed by atoms with Crippen molar-refractivity contribution in [2.24, 2.45) is 4.99 Å². The minimum atomic E-state index is 0.0123. The maximum atomic E-state index is 11.7. The van der Waals surface area contributed by atoms with Crippen LogP contribution in [0, 0.1) is 0 Å². The van der Waals surface area contributed by atoms with E-state index in [1.54, 1.807) is 23.7 Å². The van der Waals surface area contributed by atoms with E-state index >= 15 is 0 Å². The van der Waals surface area contributed by atoms with Crippen LogP contribution >= 0.6 is 0 Å². The molecular formula is C23H34N4O. The number of pyridine rings is 1.